The molecule has 0 aliphatic carbocycles. The summed E-state index contributed by atoms with van der Waals surface area (Å²) in [5.41, 5.74) is 6.09. The van der Waals surface area contributed by atoms with Gasteiger partial charge in [0.05, 0.1) is 5.56 Å². The van der Waals surface area contributed by atoms with Crippen LogP contribution in [0.1, 0.15) is 22.0 Å². The third kappa shape index (κ3) is 1.87. The number of aldehydes is 1. The number of hydrogen-bond acceptors (Lipinski definition) is 5. The fourth-order valence-corrected chi connectivity index (χ4v) is 2.26. The van der Waals surface area contributed by atoms with Gasteiger partial charge >= 0.3 is 5.97 Å². The topological polar surface area (TPSA) is 98.9 Å². The lowest BCUT2D eigenvalue weighted by Gasteiger charge is -2.13. The predicted octanol–water partition coefficient (Wildman–Crippen LogP) is 1.07. The van der Waals surface area contributed by atoms with Crippen molar-refractivity contribution in [2.45, 2.75) is 6.04 Å². The van der Waals surface area contributed by atoms with E-state index in [0.29, 0.717) is 10.8 Å². The normalized spacial score (nSPS) is 14.5. The largest absolute Gasteiger partial charge is 0.480 e. The Morgan fingerprint density at radius 3 is 2.76 bits per heavy atom. The van der Waals surface area contributed by atoms with Gasteiger partial charge in [0.2, 0.25) is 6.79 Å². The van der Waals surface area contributed by atoms with E-state index in [1.54, 1.807) is 0 Å². The molecule has 1 aromatic rings. The van der Waals surface area contributed by atoms with Crippen LogP contribution in [0.2, 0.25) is 0 Å². The molecule has 3 N–H and O–H groups in total. The molecule has 0 saturated carbocycles. The van der Waals surface area contributed by atoms with E-state index < -0.39 is 12.0 Å². The Morgan fingerprint density at radius 1 is 1.53 bits per heavy atom. The summed E-state index contributed by atoms with van der Waals surface area (Å²) in [6, 6.07) is 0.207. The SMILES string of the molecule is NC(C(=O)O)c1c(Br)cc(C=O)c2c1OCO2. The first-order chi connectivity index (χ1) is 8.06. The number of fused-ring (bicyclic) bond motifs is 1. The minimum Gasteiger partial charge on any atom is -0.480 e. The van der Waals surface area contributed by atoms with E-state index in [1.165, 1.54) is 6.07 Å². The van der Waals surface area contributed by atoms with Gasteiger partial charge in [0.25, 0.3) is 0 Å². The molecule has 0 aromatic heterocycles. The van der Waals surface area contributed by atoms with Crippen molar-refractivity contribution >= 4 is 28.2 Å². The number of hydrogen-bond donors (Lipinski definition) is 2. The first-order valence-corrected chi connectivity index (χ1v) is 5.41. The third-order valence-electron chi connectivity index (χ3n) is 2.36. The highest BCUT2D eigenvalue weighted by atomic mass is 79.9. The molecule has 7 heteroatoms. The predicted molar refractivity (Wildman–Crippen MR) is 60.2 cm³/mol. The van der Waals surface area contributed by atoms with Gasteiger partial charge in [-0.1, -0.05) is 15.9 Å². The minimum atomic E-state index is -1.25. The summed E-state index contributed by atoms with van der Waals surface area (Å²) in [4.78, 5) is 21.7. The van der Waals surface area contributed by atoms with Crippen molar-refractivity contribution in [3.63, 3.8) is 0 Å². The van der Waals surface area contributed by atoms with Gasteiger partial charge in [-0.25, -0.2) is 0 Å². The van der Waals surface area contributed by atoms with Gasteiger partial charge in [0.15, 0.2) is 17.8 Å². The Morgan fingerprint density at radius 2 is 2.18 bits per heavy atom. The lowest BCUT2D eigenvalue weighted by molar-refractivity contribution is -0.138. The van der Waals surface area contributed by atoms with Crippen LogP contribution < -0.4 is 15.2 Å². The summed E-state index contributed by atoms with van der Waals surface area (Å²) in [5.74, 6) is -0.756. The van der Waals surface area contributed by atoms with Crippen LogP contribution in [0.15, 0.2) is 10.5 Å². The number of benzene rings is 1. The highest BCUT2D eigenvalue weighted by Crippen LogP contribution is 2.44. The van der Waals surface area contributed by atoms with Gasteiger partial charge in [-0.05, 0) is 6.07 Å². The number of carbonyl (C=O) groups excluding carboxylic acids is 1. The van der Waals surface area contributed by atoms with E-state index in [4.69, 9.17) is 20.3 Å². The standard InChI is InChI=1S/C10H8BrNO5/c11-5-1-4(2-13)8-9(17-3-16-8)6(5)7(12)10(14)15/h1-2,7H,3,12H2,(H,14,15). The van der Waals surface area contributed by atoms with Crippen molar-refractivity contribution in [3.05, 3.63) is 21.7 Å². The molecule has 1 aliphatic rings. The number of carboxylic acids is 1. The zero-order valence-corrected chi connectivity index (χ0v) is 10.1. The maximum Gasteiger partial charge on any atom is 0.325 e. The van der Waals surface area contributed by atoms with Crippen LogP contribution in [0.5, 0.6) is 11.5 Å². The molecule has 0 bridgehead atoms. The molecule has 1 aliphatic heterocycles. The number of aliphatic carboxylic acids is 1. The maximum absolute atomic E-state index is 10.9. The van der Waals surface area contributed by atoms with Crippen LogP contribution in [-0.2, 0) is 4.79 Å². The van der Waals surface area contributed by atoms with Crippen molar-refractivity contribution in [1.82, 2.24) is 0 Å². The molecular formula is C10H8BrNO5. The number of carbonyl (C=O) groups is 2. The van der Waals surface area contributed by atoms with E-state index >= 15 is 0 Å². The minimum absolute atomic E-state index is 0.0635. The molecule has 0 spiro atoms. The van der Waals surface area contributed by atoms with E-state index in [9.17, 15) is 9.59 Å². The molecule has 0 saturated heterocycles. The average molecular weight is 302 g/mol. The molecule has 6 nitrogen and oxygen atoms in total. The fraction of sp³-hybridized carbons (Fsp3) is 0.200. The third-order valence-corrected chi connectivity index (χ3v) is 3.02. The monoisotopic (exact) mass is 301 g/mol. The van der Waals surface area contributed by atoms with Gasteiger partial charge in [-0.3, -0.25) is 9.59 Å². The number of carboxylic acid groups (broad SMARTS) is 1. The van der Waals surface area contributed by atoms with E-state index in [0.717, 1.165) is 0 Å². The Bertz CT molecular complexity index is 502. The molecule has 17 heavy (non-hydrogen) atoms. The van der Waals surface area contributed by atoms with Crippen LogP contribution in [-0.4, -0.2) is 24.2 Å². The van der Waals surface area contributed by atoms with Gasteiger partial charge in [0.1, 0.15) is 6.04 Å². The molecule has 1 aromatic carbocycles. The van der Waals surface area contributed by atoms with Crippen molar-refractivity contribution in [1.29, 1.82) is 0 Å². The summed E-state index contributed by atoms with van der Waals surface area (Å²) < 4.78 is 10.7. The Labute approximate surface area is 104 Å². The maximum atomic E-state index is 10.9. The second kappa shape index (κ2) is 4.34. The second-order valence-corrected chi connectivity index (χ2v) is 4.21. The highest BCUT2D eigenvalue weighted by molar-refractivity contribution is 9.10. The van der Waals surface area contributed by atoms with Crippen LogP contribution in [0.25, 0.3) is 0 Å². The highest BCUT2D eigenvalue weighted by Gasteiger charge is 2.30. The average Bonchev–Trinajstić information content (AvgIpc) is 2.75. The molecule has 0 amide bonds. The summed E-state index contributed by atoms with van der Waals surface area (Å²) in [5, 5.41) is 8.91. The molecule has 90 valence electrons. The van der Waals surface area contributed by atoms with Crippen molar-refractivity contribution in [3.8, 4) is 11.5 Å². The molecule has 0 radical (unpaired) electrons. The fourth-order valence-electron chi connectivity index (χ4n) is 1.58. The number of nitrogens with two attached hydrogens (primary N) is 1. The summed E-state index contributed by atoms with van der Waals surface area (Å²) in [6.45, 7) is -0.0635. The zero-order chi connectivity index (χ0) is 12.6. The molecule has 1 atom stereocenters. The van der Waals surface area contributed by atoms with Crippen molar-refractivity contribution in [2.75, 3.05) is 6.79 Å². The number of halogens is 1. The van der Waals surface area contributed by atoms with E-state index in [1.807, 2.05) is 0 Å². The van der Waals surface area contributed by atoms with Gasteiger partial charge in [-0.2, -0.15) is 0 Å². The van der Waals surface area contributed by atoms with Crippen LogP contribution in [0.4, 0.5) is 0 Å². The Balaban J connectivity index is 2.65. The smallest absolute Gasteiger partial charge is 0.325 e. The van der Waals surface area contributed by atoms with E-state index in [-0.39, 0.29) is 29.4 Å². The number of rotatable bonds is 3. The molecule has 0 fully saturated rings. The molecule has 1 unspecified atom stereocenters. The lowest BCUT2D eigenvalue weighted by Crippen LogP contribution is -2.21. The first kappa shape index (κ1) is 11.9. The van der Waals surface area contributed by atoms with Crippen LogP contribution in [0.3, 0.4) is 0 Å². The Hall–Kier alpha value is -1.60. The quantitative estimate of drug-likeness (QED) is 0.810. The van der Waals surface area contributed by atoms with E-state index in [2.05, 4.69) is 15.9 Å². The summed E-state index contributed by atoms with van der Waals surface area (Å²) in [6.07, 6.45) is 0.606. The summed E-state index contributed by atoms with van der Waals surface area (Å²) >= 11 is 3.17. The van der Waals surface area contributed by atoms with Crippen molar-refractivity contribution in [2.24, 2.45) is 5.73 Å². The van der Waals surface area contributed by atoms with Gasteiger partial charge in [-0.15, -0.1) is 0 Å². The van der Waals surface area contributed by atoms with Crippen molar-refractivity contribution < 1.29 is 24.2 Å². The first-order valence-electron chi connectivity index (χ1n) is 4.61. The summed E-state index contributed by atoms with van der Waals surface area (Å²) in [7, 11) is 0. The lowest BCUT2D eigenvalue weighted by atomic mass is 10.0. The second-order valence-electron chi connectivity index (χ2n) is 3.36. The Kier molecular flexibility index (Phi) is 3.03. The molecule has 1 heterocycles. The van der Waals surface area contributed by atoms with Crippen LogP contribution in [0, 0.1) is 0 Å². The molecular weight excluding hydrogens is 294 g/mol. The molecule has 2 rings (SSSR count). The van der Waals surface area contributed by atoms with Gasteiger partial charge in [0, 0.05) is 10.0 Å². The number of ether oxygens (including phenoxy) is 2. The van der Waals surface area contributed by atoms with Gasteiger partial charge < -0.3 is 20.3 Å². The zero-order valence-electron chi connectivity index (χ0n) is 8.47. The van der Waals surface area contributed by atoms with Crippen LogP contribution >= 0.6 is 15.9 Å².